The molecule has 24 heavy (non-hydrogen) atoms. The molecule has 1 rings (SSSR count). The minimum atomic E-state index is -0.744. The Morgan fingerprint density at radius 2 is 1.54 bits per heavy atom. The third-order valence-electron chi connectivity index (χ3n) is 5.90. The van der Waals surface area contributed by atoms with Crippen molar-refractivity contribution in [2.75, 3.05) is 13.7 Å². The molecule has 1 aliphatic carbocycles. The molecule has 0 saturated heterocycles. The van der Waals surface area contributed by atoms with Gasteiger partial charge in [0.1, 0.15) is 0 Å². The molecular formula is C20H36O4. The molecule has 0 aromatic rings. The number of esters is 2. The van der Waals surface area contributed by atoms with E-state index in [2.05, 4.69) is 20.8 Å². The van der Waals surface area contributed by atoms with Gasteiger partial charge in [0.15, 0.2) is 5.92 Å². The zero-order chi connectivity index (χ0) is 18.1. The van der Waals surface area contributed by atoms with E-state index in [1.807, 2.05) is 0 Å². The van der Waals surface area contributed by atoms with Crippen LogP contribution in [0.3, 0.4) is 0 Å². The van der Waals surface area contributed by atoms with Crippen molar-refractivity contribution in [3.05, 3.63) is 0 Å². The lowest BCUT2D eigenvalue weighted by Gasteiger charge is -2.34. The summed E-state index contributed by atoms with van der Waals surface area (Å²) in [6.45, 7) is 9.00. The molecule has 0 N–H and O–H groups in total. The van der Waals surface area contributed by atoms with E-state index in [0.717, 1.165) is 37.5 Å². The van der Waals surface area contributed by atoms with Gasteiger partial charge in [-0.25, -0.2) is 0 Å². The Morgan fingerprint density at radius 1 is 0.958 bits per heavy atom. The van der Waals surface area contributed by atoms with Gasteiger partial charge in [-0.15, -0.1) is 0 Å². The maximum absolute atomic E-state index is 12.1. The molecule has 0 heterocycles. The summed E-state index contributed by atoms with van der Waals surface area (Å²) in [6, 6.07) is 0. The number of rotatable bonds is 9. The summed E-state index contributed by atoms with van der Waals surface area (Å²) >= 11 is 0. The summed E-state index contributed by atoms with van der Waals surface area (Å²) in [5.74, 6) is 0.696. The molecule has 0 radical (unpaired) electrons. The Kier molecular flexibility index (Phi) is 9.38. The minimum Gasteiger partial charge on any atom is -0.468 e. The molecule has 0 bridgehead atoms. The Balaban J connectivity index is 2.55. The normalized spacial score (nSPS) is 24.7. The first kappa shape index (κ1) is 21.0. The van der Waals surface area contributed by atoms with E-state index in [9.17, 15) is 9.59 Å². The topological polar surface area (TPSA) is 52.6 Å². The summed E-state index contributed by atoms with van der Waals surface area (Å²) in [7, 11) is 1.34. The number of ether oxygens (including phenoxy) is 2. The maximum atomic E-state index is 12.1. The van der Waals surface area contributed by atoms with Crippen LogP contribution in [-0.2, 0) is 19.1 Å². The Hall–Kier alpha value is -1.06. The lowest BCUT2D eigenvalue weighted by atomic mass is 9.71. The van der Waals surface area contributed by atoms with Crippen molar-refractivity contribution in [1.29, 1.82) is 0 Å². The van der Waals surface area contributed by atoms with Crippen molar-refractivity contribution in [3.8, 4) is 0 Å². The highest BCUT2D eigenvalue weighted by atomic mass is 16.5. The van der Waals surface area contributed by atoms with E-state index >= 15 is 0 Å². The average Bonchev–Trinajstić information content (AvgIpc) is 2.60. The van der Waals surface area contributed by atoms with Crippen LogP contribution in [0.15, 0.2) is 0 Å². The van der Waals surface area contributed by atoms with E-state index in [-0.39, 0.29) is 5.92 Å². The van der Waals surface area contributed by atoms with E-state index in [0.29, 0.717) is 12.5 Å². The van der Waals surface area contributed by atoms with Crippen molar-refractivity contribution in [2.45, 2.75) is 72.6 Å². The lowest BCUT2D eigenvalue weighted by molar-refractivity contribution is -0.164. The van der Waals surface area contributed by atoms with Crippen LogP contribution in [0.2, 0.25) is 0 Å². The third kappa shape index (κ3) is 6.10. The molecule has 4 heteroatoms. The van der Waals surface area contributed by atoms with Gasteiger partial charge in [-0.05, 0) is 56.3 Å². The fourth-order valence-electron chi connectivity index (χ4n) is 3.87. The van der Waals surface area contributed by atoms with E-state index in [1.165, 1.54) is 26.4 Å². The zero-order valence-corrected chi connectivity index (χ0v) is 16.2. The van der Waals surface area contributed by atoms with Crippen LogP contribution in [0.5, 0.6) is 0 Å². The molecule has 0 amide bonds. The summed E-state index contributed by atoms with van der Waals surface area (Å²) in [5.41, 5.74) is 0. The van der Waals surface area contributed by atoms with Gasteiger partial charge >= 0.3 is 11.9 Å². The molecule has 140 valence electrons. The van der Waals surface area contributed by atoms with Crippen LogP contribution in [0.1, 0.15) is 72.6 Å². The lowest BCUT2D eigenvalue weighted by Crippen LogP contribution is -2.36. The van der Waals surface area contributed by atoms with Gasteiger partial charge in [-0.2, -0.15) is 0 Å². The second-order valence-electron chi connectivity index (χ2n) is 7.50. The molecule has 3 atom stereocenters. The van der Waals surface area contributed by atoms with Crippen molar-refractivity contribution in [2.24, 2.45) is 29.6 Å². The number of methoxy groups -OCH3 is 1. The van der Waals surface area contributed by atoms with Crippen molar-refractivity contribution < 1.29 is 19.1 Å². The summed E-state index contributed by atoms with van der Waals surface area (Å²) in [6.07, 6.45) is 7.85. The first-order chi connectivity index (χ1) is 11.4. The van der Waals surface area contributed by atoms with Gasteiger partial charge in [-0.3, -0.25) is 9.59 Å². The molecule has 4 nitrogen and oxygen atoms in total. The highest BCUT2D eigenvalue weighted by Gasteiger charge is 2.39. The van der Waals surface area contributed by atoms with E-state index < -0.39 is 17.9 Å². The monoisotopic (exact) mass is 340 g/mol. The molecule has 1 fully saturated rings. The molecule has 0 aromatic carbocycles. The highest BCUT2D eigenvalue weighted by Crippen LogP contribution is 2.39. The highest BCUT2D eigenvalue weighted by molar-refractivity contribution is 5.95. The second-order valence-corrected chi connectivity index (χ2v) is 7.50. The number of carbonyl (C=O) groups is 2. The van der Waals surface area contributed by atoms with Gasteiger partial charge in [0.25, 0.3) is 0 Å². The predicted molar refractivity (Wildman–Crippen MR) is 95.4 cm³/mol. The standard InChI is InChI=1S/C20H36O4/c1-6-14(3)8-9-15(4)16-10-12-17(13-11-16)18(19(21)23-5)20(22)24-7-2/h14-18H,6-13H2,1-5H3. The van der Waals surface area contributed by atoms with E-state index in [4.69, 9.17) is 9.47 Å². The minimum absolute atomic E-state index is 0.0644. The van der Waals surface area contributed by atoms with Gasteiger partial charge in [0.05, 0.1) is 13.7 Å². The van der Waals surface area contributed by atoms with Crippen LogP contribution >= 0.6 is 0 Å². The van der Waals surface area contributed by atoms with Crippen LogP contribution in [-0.4, -0.2) is 25.7 Å². The first-order valence-corrected chi connectivity index (χ1v) is 9.68. The molecule has 0 aromatic heterocycles. The molecule has 0 spiro atoms. The fraction of sp³-hybridized carbons (Fsp3) is 0.900. The molecular weight excluding hydrogens is 304 g/mol. The van der Waals surface area contributed by atoms with Crippen LogP contribution < -0.4 is 0 Å². The Morgan fingerprint density at radius 3 is 2.04 bits per heavy atom. The number of carbonyl (C=O) groups excluding carboxylic acids is 2. The fourth-order valence-corrected chi connectivity index (χ4v) is 3.87. The van der Waals surface area contributed by atoms with Crippen LogP contribution in [0.4, 0.5) is 0 Å². The third-order valence-corrected chi connectivity index (χ3v) is 5.90. The Labute approximate surface area is 147 Å². The van der Waals surface area contributed by atoms with Crippen molar-refractivity contribution in [3.63, 3.8) is 0 Å². The first-order valence-electron chi connectivity index (χ1n) is 9.68. The second kappa shape index (κ2) is 10.7. The van der Waals surface area contributed by atoms with Crippen molar-refractivity contribution >= 4 is 11.9 Å². The summed E-state index contributed by atoms with van der Waals surface area (Å²) in [4.78, 5) is 24.2. The van der Waals surface area contributed by atoms with Crippen LogP contribution in [0, 0.1) is 29.6 Å². The van der Waals surface area contributed by atoms with Crippen molar-refractivity contribution in [1.82, 2.24) is 0 Å². The molecule has 1 aliphatic rings. The van der Waals surface area contributed by atoms with Crippen LogP contribution in [0.25, 0.3) is 0 Å². The molecule has 3 unspecified atom stereocenters. The molecule has 1 saturated carbocycles. The SMILES string of the molecule is CCOC(=O)C(C(=O)OC)C1CCC(C(C)CCC(C)CC)CC1. The molecule has 0 aliphatic heterocycles. The number of hydrogen-bond donors (Lipinski definition) is 0. The Bertz CT molecular complexity index is 385. The van der Waals surface area contributed by atoms with Gasteiger partial charge in [-0.1, -0.05) is 40.0 Å². The predicted octanol–water partition coefficient (Wildman–Crippen LogP) is 4.61. The summed E-state index contributed by atoms with van der Waals surface area (Å²) < 4.78 is 9.94. The number of hydrogen-bond acceptors (Lipinski definition) is 4. The zero-order valence-electron chi connectivity index (χ0n) is 16.2. The smallest absolute Gasteiger partial charge is 0.320 e. The van der Waals surface area contributed by atoms with Gasteiger partial charge in [0.2, 0.25) is 0 Å². The quantitative estimate of drug-likeness (QED) is 0.454. The van der Waals surface area contributed by atoms with Gasteiger partial charge < -0.3 is 9.47 Å². The summed E-state index contributed by atoms with van der Waals surface area (Å²) in [5, 5.41) is 0. The van der Waals surface area contributed by atoms with E-state index in [1.54, 1.807) is 6.92 Å². The average molecular weight is 341 g/mol. The van der Waals surface area contributed by atoms with Gasteiger partial charge in [0, 0.05) is 0 Å². The maximum Gasteiger partial charge on any atom is 0.320 e. The largest absolute Gasteiger partial charge is 0.468 e.